The summed E-state index contributed by atoms with van der Waals surface area (Å²) in [5.74, 6) is 2.44. The number of rotatable bonds is 6. The molecule has 5 nitrogen and oxygen atoms in total. The Kier molecular flexibility index (Phi) is 6.05. The Morgan fingerprint density at radius 1 is 0.758 bits per heavy atom. The minimum Gasteiger partial charge on any atom is -0.493 e. The van der Waals surface area contributed by atoms with E-state index in [9.17, 15) is 4.79 Å². The highest BCUT2D eigenvalue weighted by atomic mass is 16.5. The van der Waals surface area contributed by atoms with E-state index in [-0.39, 0.29) is 11.2 Å². The molecule has 0 radical (unpaired) electrons. The second-order valence-corrected chi connectivity index (χ2v) is 8.82. The fourth-order valence-electron chi connectivity index (χ4n) is 3.63. The average molecular weight is 442 g/mol. The number of benzene rings is 3. The van der Waals surface area contributed by atoms with Gasteiger partial charge in [-0.25, -0.2) is 0 Å². The molecule has 168 valence electrons. The summed E-state index contributed by atoms with van der Waals surface area (Å²) in [6.45, 7) is 6.46. The third kappa shape index (κ3) is 4.67. The van der Waals surface area contributed by atoms with Crippen LogP contribution >= 0.6 is 0 Å². The van der Waals surface area contributed by atoms with Crippen molar-refractivity contribution < 1.29 is 19.0 Å². The van der Waals surface area contributed by atoms with E-state index >= 15 is 0 Å². The highest BCUT2D eigenvalue weighted by Crippen LogP contribution is 2.37. The van der Waals surface area contributed by atoms with E-state index in [0.29, 0.717) is 34.1 Å². The molecule has 5 heteroatoms. The first kappa shape index (κ1) is 22.3. The molecule has 3 aromatic carbocycles. The second kappa shape index (κ2) is 8.94. The minimum absolute atomic E-state index is 0.0202. The molecule has 4 rings (SSSR count). The molecule has 0 saturated heterocycles. The Hall–Kier alpha value is -3.86. The van der Waals surface area contributed by atoms with E-state index in [4.69, 9.17) is 14.2 Å². The van der Waals surface area contributed by atoms with Gasteiger partial charge < -0.3 is 14.2 Å². The van der Waals surface area contributed by atoms with Gasteiger partial charge >= 0.3 is 0 Å². The van der Waals surface area contributed by atoms with Crippen LogP contribution in [0.3, 0.4) is 0 Å². The van der Waals surface area contributed by atoms with Crippen LogP contribution in [-0.2, 0) is 5.41 Å². The first-order valence-corrected chi connectivity index (χ1v) is 10.7. The lowest BCUT2D eigenvalue weighted by molar-refractivity contribution is 0.103. The van der Waals surface area contributed by atoms with E-state index in [1.807, 2.05) is 36.4 Å². The van der Waals surface area contributed by atoms with Crippen molar-refractivity contribution >= 4 is 16.7 Å². The van der Waals surface area contributed by atoms with Crippen molar-refractivity contribution in [3.63, 3.8) is 0 Å². The van der Waals surface area contributed by atoms with Gasteiger partial charge in [0.15, 0.2) is 17.3 Å². The van der Waals surface area contributed by atoms with Crippen LogP contribution < -0.4 is 14.2 Å². The van der Waals surface area contributed by atoms with Gasteiger partial charge in [-0.15, -0.1) is 0 Å². The van der Waals surface area contributed by atoms with Crippen molar-refractivity contribution in [2.24, 2.45) is 0 Å². The Labute approximate surface area is 194 Å². The standard InChI is InChI=1S/C28H27NO4/c1-28(2,3)20-10-6-18(7-11-20)27(30)19-8-12-21(13-9-19)33-24-14-15-29-23-17-26(32-5)25(31-4)16-22(23)24/h6-17H,1-5H3. The quantitative estimate of drug-likeness (QED) is 0.317. The lowest BCUT2D eigenvalue weighted by Gasteiger charge is -2.19. The fourth-order valence-corrected chi connectivity index (χ4v) is 3.63. The molecule has 0 amide bonds. The highest BCUT2D eigenvalue weighted by Gasteiger charge is 2.16. The summed E-state index contributed by atoms with van der Waals surface area (Å²) in [7, 11) is 3.18. The molecule has 33 heavy (non-hydrogen) atoms. The summed E-state index contributed by atoms with van der Waals surface area (Å²) >= 11 is 0. The number of aromatic nitrogens is 1. The van der Waals surface area contributed by atoms with Crippen LogP contribution in [-0.4, -0.2) is 25.0 Å². The summed E-state index contributed by atoms with van der Waals surface area (Å²) in [5.41, 5.74) is 3.25. The molecule has 4 aromatic rings. The Bertz CT molecular complexity index is 1290. The van der Waals surface area contributed by atoms with Crippen LogP contribution in [0.1, 0.15) is 42.3 Å². The molecular formula is C28H27NO4. The summed E-state index contributed by atoms with van der Waals surface area (Å²) in [6, 6.07) is 20.4. The summed E-state index contributed by atoms with van der Waals surface area (Å²) < 4.78 is 16.9. The number of pyridine rings is 1. The minimum atomic E-state index is -0.0202. The zero-order valence-corrected chi connectivity index (χ0v) is 19.5. The van der Waals surface area contributed by atoms with Gasteiger partial charge in [0.1, 0.15) is 11.5 Å². The first-order valence-electron chi connectivity index (χ1n) is 10.7. The van der Waals surface area contributed by atoms with Gasteiger partial charge in [-0.3, -0.25) is 9.78 Å². The van der Waals surface area contributed by atoms with Crippen LogP contribution in [0.4, 0.5) is 0 Å². The Balaban J connectivity index is 1.57. The highest BCUT2D eigenvalue weighted by molar-refractivity contribution is 6.09. The molecule has 0 spiro atoms. The number of carbonyl (C=O) groups excluding carboxylic acids is 1. The van der Waals surface area contributed by atoms with Crippen LogP contribution in [0.25, 0.3) is 10.9 Å². The zero-order valence-electron chi connectivity index (χ0n) is 19.5. The van der Waals surface area contributed by atoms with Crippen LogP contribution in [0.5, 0.6) is 23.0 Å². The van der Waals surface area contributed by atoms with E-state index in [2.05, 4.69) is 25.8 Å². The molecule has 0 fully saturated rings. The van der Waals surface area contributed by atoms with Gasteiger partial charge in [0.05, 0.1) is 19.7 Å². The number of carbonyl (C=O) groups is 1. The van der Waals surface area contributed by atoms with Crippen molar-refractivity contribution in [3.8, 4) is 23.0 Å². The maximum Gasteiger partial charge on any atom is 0.193 e. The predicted octanol–water partition coefficient (Wildman–Crippen LogP) is 6.57. The normalized spacial score (nSPS) is 11.3. The monoisotopic (exact) mass is 441 g/mol. The molecule has 0 atom stereocenters. The van der Waals surface area contributed by atoms with E-state index in [1.165, 1.54) is 5.56 Å². The maximum absolute atomic E-state index is 12.9. The Morgan fingerprint density at radius 2 is 1.33 bits per heavy atom. The number of ketones is 1. The van der Waals surface area contributed by atoms with Crippen LogP contribution in [0.2, 0.25) is 0 Å². The molecule has 1 heterocycles. The average Bonchev–Trinajstić information content (AvgIpc) is 2.83. The van der Waals surface area contributed by atoms with Crippen molar-refractivity contribution in [2.75, 3.05) is 14.2 Å². The molecule has 0 aliphatic rings. The SMILES string of the molecule is COc1cc2nccc(Oc3ccc(C(=O)c4ccc(C(C)(C)C)cc4)cc3)c2cc1OC. The summed E-state index contributed by atoms with van der Waals surface area (Å²) in [6.07, 6.45) is 1.68. The maximum atomic E-state index is 12.9. The number of methoxy groups -OCH3 is 2. The molecule has 0 unspecified atom stereocenters. The van der Waals surface area contributed by atoms with Gasteiger partial charge in [-0.1, -0.05) is 45.0 Å². The fraction of sp³-hybridized carbons (Fsp3) is 0.214. The molecule has 0 aliphatic carbocycles. The lowest BCUT2D eigenvalue weighted by Crippen LogP contribution is -2.11. The second-order valence-electron chi connectivity index (χ2n) is 8.82. The summed E-state index contributed by atoms with van der Waals surface area (Å²) in [5, 5.41) is 0.800. The van der Waals surface area contributed by atoms with Crippen LogP contribution in [0.15, 0.2) is 72.9 Å². The van der Waals surface area contributed by atoms with Crippen molar-refractivity contribution in [3.05, 3.63) is 89.6 Å². The van der Waals surface area contributed by atoms with Crippen molar-refractivity contribution in [1.82, 2.24) is 4.98 Å². The third-order valence-corrected chi connectivity index (χ3v) is 5.56. The molecule has 1 aromatic heterocycles. The number of hydrogen-bond donors (Lipinski definition) is 0. The molecule has 0 aliphatic heterocycles. The summed E-state index contributed by atoms with van der Waals surface area (Å²) in [4.78, 5) is 17.3. The van der Waals surface area contributed by atoms with Gasteiger partial charge in [0.2, 0.25) is 0 Å². The predicted molar refractivity (Wildman–Crippen MR) is 130 cm³/mol. The van der Waals surface area contributed by atoms with Gasteiger partial charge in [0, 0.05) is 28.8 Å². The van der Waals surface area contributed by atoms with E-state index in [0.717, 1.165) is 10.9 Å². The molecular weight excluding hydrogens is 414 g/mol. The first-order chi connectivity index (χ1) is 15.8. The number of fused-ring (bicyclic) bond motifs is 1. The topological polar surface area (TPSA) is 57.7 Å². The molecule has 0 N–H and O–H groups in total. The van der Waals surface area contributed by atoms with E-state index in [1.54, 1.807) is 50.7 Å². The number of nitrogens with zero attached hydrogens (tertiary/aromatic N) is 1. The van der Waals surface area contributed by atoms with Crippen molar-refractivity contribution in [1.29, 1.82) is 0 Å². The van der Waals surface area contributed by atoms with Crippen LogP contribution in [0, 0.1) is 0 Å². The van der Waals surface area contributed by atoms with Crippen molar-refractivity contribution in [2.45, 2.75) is 26.2 Å². The third-order valence-electron chi connectivity index (χ3n) is 5.56. The van der Waals surface area contributed by atoms with Gasteiger partial charge in [0.25, 0.3) is 0 Å². The molecule has 0 bridgehead atoms. The largest absolute Gasteiger partial charge is 0.493 e. The lowest BCUT2D eigenvalue weighted by atomic mass is 9.86. The number of hydrogen-bond acceptors (Lipinski definition) is 5. The van der Waals surface area contributed by atoms with E-state index < -0.39 is 0 Å². The van der Waals surface area contributed by atoms with Gasteiger partial charge in [-0.2, -0.15) is 0 Å². The van der Waals surface area contributed by atoms with Gasteiger partial charge in [-0.05, 0) is 47.4 Å². The zero-order chi connectivity index (χ0) is 23.6. The molecule has 0 saturated carbocycles. The number of ether oxygens (including phenoxy) is 3. The smallest absolute Gasteiger partial charge is 0.193 e. The Morgan fingerprint density at radius 3 is 1.91 bits per heavy atom.